The molecular weight excluding hydrogens is 388 g/mol. The third-order valence-corrected chi connectivity index (χ3v) is 6.94. The topological polar surface area (TPSA) is 75.7 Å². The van der Waals surface area contributed by atoms with Crippen molar-refractivity contribution in [3.8, 4) is 11.5 Å². The lowest BCUT2D eigenvalue weighted by molar-refractivity contribution is 0.102. The van der Waals surface area contributed by atoms with Crippen LogP contribution in [0.2, 0.25) is 5.02 Å². The Morgan fingerprint density at radius 2 is 1.67 bits per heavy atom. The van der Waals surface area contributed by atoms with Gasteiger partial charge in [-0.1, -0.05) is 24.4 Å². The molecule has 2 aliphatic rings. The number of hydrogen-bond acceptors (Lipinski definition) is 4. The molecule has 142 valence electrons. The van der Waals surface area contributed by atoms with Crippen LogP contribution in [0.3, 0.4) is 0 Å². The first-order chi connectivity index (χ1) is 12.9. The van der Waals surface area contributed by atoms with Gasteiger partial charge < -0.3 is 10.1 Å². The van der Waals surface area contributed by atoms with Crippen LogP contribution >= 0.6 is 11.6 Å². The largest absolute Gasteiger partial charge is 0.454 e. The first kappa shape index (κ1) is 18.3. The highest BCUT2D eigenvalue weighted by Gasteiger charge is 2.28. The predicted molar refractivity (Wildman–Crippen MR) is 103 cm³/mol. The van der Waals surface area contributed by atoms with E-state index in [4.69, 9.17) is 16.3 Å². The first-order valence-electron chi connectivity index (χ1n) is 8.88. The van der Waals surface area contributed by atoms with Gasteiger partial charge in [-0.2, -0.15) is 4.31 Å². The van der Waals surface area contributed by atoms with Crippen molar-refractivity contribution in [2.24, 2.45) is 0 Å². The van der Waals surface area contributed by atoms with Gasteiger partial charge in [-0.3, -0.25) is 4.79 Å². The zero-order valence-corrected chi connectivity index (χ0v) is 16.1. The molecule has 8 heteroatoms. The maximum Gasteiger partial charge on any atom is 0.259 e. The van der Waals surface area contributed by atoms with Crippen molar-refractivity contribution >= 4 is 33.2 Å². The van der Waals surface area contributed by atoms with Gasteiger partial charge in [0.05, 0.1) is 16.1 Å². The lowest BCUT2D eigenvalue weighted by Gasteiger charge is -2.20. The Balaban J connectivity index is 1.71. The average Bonchev–Trinajstić information content (AvgIpc) is 2.99. The second-order valence-corrected chi connectivity index (χ2v) is 9.05. The molecule has 2 aliphatic heterocycles. The number of ether oxygens (including phenoxy) is 1. The van der Waals surface area contributed by atoms with E-state index in [0.717, 1.165) is 25.7 Å². The Morgan fingerprint density at radius 1 is 0.963 bits per heavy atom. The van der Waals surface area contributed by atoms with Crippen LogP contribution in [0.25, 0.3) is 0 Å². The Hall–Kier alpha value is -2.09. The molecular formula is C19H19ClN2O4S. The Kier molecular flexibility index (Phi) is 4.84. The first-order valence-corrected chi connectivity index (χ1v) is 10.7. The fourth-order valence-corrected chi connectivity index (χ4v) is 5.08. The minimum atomic E-state index is -3.65. The van der Waals surface area contributed by atoms with Gasteiger partial charge in [-0.25, -0.2) is 8.42 Å². The van der Waals surface area contributed by atoms with Gasteiger partial charge in [-0.15, -0.1) is 0 Å². The molecule has 1 N–H and O–H groups in total. The maximum absolute atomic E-state index is 13.0. The SMILES string of the molecule is O=C1Nc2cc(Cl)ccc2Oc2ccc(S(=O)(=O)N3CCCCCC3)cc21. The molecule has 0 bridgehead atoms. The molecule has 0 aromatic heterocycles. The van der Waals surface area contributed by atoms with Crippen LogP contribution in [0.1, 0.15) is 36.0 Å². The lowest BCUT2D eigenvalue weighted by atomic mass is 10.2. The summed E-state index contributed by atoms with van der Waals surface area (Å²) in [6.07, 6.45) is 3.77. The quantitative estimate of drug-likeness (QED) is 0.808. The molecule has 2 aromatic rings. The van der Waals surface area contributed by atoms with Crippen LogP contribution in [0.4, 0.5) is 5.69 Å². The number of halogens is 1. The summed E-state index contributed by atoms with van der Waals surface area (Å²) in [5, 5.41) is 3.20. The van der Waals surface area contributed by atoms with Crippen molar-refractivity contribution in [1.82, 2.24) is 4.31 Å². The molecule has 4 rings (SSSR count). The summed E-state index contributed by atoms with van der Waals surface area (Å²) in [6, 6.07) is 9.33. The van der Waals surface area contributed by atoms with Gasteiger partial charge in [-0.05, 0) is 49.2 Å². The van der Waals surface area contributed by atoms with Crippen LogP contribution in [0.5, 0.6) is 11.5 Å². The van der Waals surface area contributed by atoms with Crippen LogP contribution in [-0.2, 0) is 10.0 Å². The zero-order chi connectivity index (χ0) is 19.0. The number of sulfonamides is 1. The zero-order valence-electron chi connectivity index (χ0n) is 14.6. The summed E-state index contributed by atoms with van der Waals surface area (Å²) in [5.41, 5.74) is 0.624. The van der Waals surface area contributed by atoms with E-state index in [1.807, 2.05) is 0 Å². The minimum Gasteiger partial charge on any atom is -0.454 e. The van der Waals surface area contributed by atoms with Crippen molar-refractivity contribution in [3.05, 3.63) is 47.0 Å². The number of hydrogen-bond donors (Lipinski definition) is 1. The number of nitrogens with zero attached hydrogens (tertiary/aromatic N) is 1. The molecule has 2 aromatic carbocycles. The molecule has 0 radical (unpaired) electrons. The summed E-state index contributed by atoms with van der Waals surface area (Å²) >= 11 is 5.98. The minimum absolute atomic E-state index is 0.103. The second kappa shape index (κ2) is 7.14. The van der Waals surface area contributed by atoms with E-state index in [1.54, 1.807) is 18.2 Å². The molecule has 0 unspecified atom stereocenters. The number of carbonyl (C=O) groups is 1. The number of nitrogens with one attached hydrogen (secondary N) is 1. The third-order valence-electron chi connectivity index (χ3n) is 4.81. The Morgan fingerprint density at radius 3 is 2.41 bits per heavy atom. The standard InChI is InChI=1S/C19H19ClN2O4S/c20-13-5-7-18-16(11-13)21-19(23)15-12-14(6-8-17(15)26-18)27(24,25)22-9-3-1-2-4-10-22/h5-8,11-12H,1-4,9-10H2,(H,21,23). The third kappa shape index (κ3) is 3.54. The van der Waals surface area contributed by atoms with Crippen molar-refractivity contribution < 1.29 is 17.9 Å². The molecule has 0 spiro atoms. The highest BCUT2D eigenvalue weighted by atomic mass is 35.5. The van der Waals surface area contributed by atoms with Gasteiger partial charge in [0.1, 0.15) is 5.75 Å². The summed E-state index contributed by atoms with van der Waals surface area (Å²) in [6.45, 7) is 1.01. The summed E-state index contributed by atoms with van der Waals surface area (Å²) < 4.78 is 33.4. The fourth-order valence-electron chi connectivity index (χ4n) is 3.36. The highest BCUT2D eigenvalue weighted by Crippen LogP contribution is 2.38. The Labute approximate surface area is 163 Å². The van der Waals surface area contributed by atoms with Crippen molar-refractivity contribution in [2.45, 2.75) is 30.6 Å². The van der Waals surface area contributed by atoms with Crippen LogP contribution in [0.15, 0.2) is 41.3 Å². The van der Waals surface area contributed by atoms with Crippen molar-refractivity contribution in [1.29, 1.82) is 0 Å². The number of amides is 1. The molecule has 6 nitrogen and oxygen atoms in total. The van der Waals surface area contributed by atoms with E-state index in [1.165, 1.54) is 22.5 Å². The van der Waals surface area contributed by atoms with Crippen LogP contribution in [-0.4, -0.2) is 31.7 Å². The summed E-state index contributed by atoms with van der Waals surface area (Å²) in [7, 11) is -3.65. The molecule has 1 fully saturated rings. The van der Waals surface area contributed by atoms with E-state index in [-0.39, 0.29) is 10.5 Å². The normalized spacial score (nSPS) is 17.7. The van der Waals surface area contributed by atoms with E-state index in [9.17, 15) is 13.2 Å². The molecule has 0 aliphatic carbocycles. The van der Waals surface area contributed by atoms with Crippen LogP contribution < -0.4 is 10.1 Å². The van der Waals surface area contributed by atoms with Crippen LogP contribution in [0, 0.1) is 0 Å². The van der Waals surface area contributed by atoms with Gasteiger partial charge in [0.2, 0.25) is 10.0 Å². The maximum atomic E-state index is 13.0. The van der Waals surface area contributed by atoms with Crippen molar-refractivity contribution in [2.75, 3.05) is 18.4 Å². The number of benzene rings is 2. The number of rotatable bonds is 2. The Bertz CT molecular complexity index is 999. The molecule has 27 heavy (non-hydrogen) atoms. The van der Waals surface area contributed by atoms with Gasteiger partial charge in [0, 0.05) is 18.1 Å². The predicted octanol–water partition coefficient (Wildman–Crippen LogP) is 4.26. The summed E-state index contributed by atoms with van der Waals surface area (Å²) in [5.74, 6) is 0.331. The van der Waals surface area contributed by atoms with E-state index in [0.29, 0.717) is 35.3 Å². The smallest absolute Gasteiger partial charge is 0.259 e. The summed E-state index contributed by atoms with van der Waals surface area (Å²) in [4.78, 5) is 12.8. The lowest BCUT2D eigenvalue weighted by Crippen LogP contribution is -2.32. The van der Waals surface area contributed by atoms with Gasteiger partial charge in [0.25, 0.3) is 5.91 Å². The molecule has 1 saturated heterocycles. The number of anilines is 1. The van der Waals surface area contributed by atoms with Gasteiger partial charge in [0.15, 0.2) is 5.75 Å². The molecule has 2 heterocycles. The fraction of sp³-hybridized carbons (Fsp3) is 0.316. The number of fused-ring (bicyclic) bond motifs is 2. The van der Waals surface area contributed by atoms with Crippen molar-refractivity contribution in [3.63, 3.8) is 0 Å². The molecule has 1 amide bonds. The monoisotopic (exact) mass is 406 g/mol. The highest BCUT2D eigenvalue weighted by molar-refractivity contribution is 7.89. The van der Waals surface area contributed by atoms with E-state index in [2.05, 4.69) is 5.32 Å². The second-order valence-electron chi connectivity index (χ2n) is 6.67. The van der Waals surface area contributed by atoms with E-state index >= 15 is 0 Å². The number of carbonyl (C=O) groups excluding carboxylic acids is 1. The van der Waals surface area contributed by atoms with Gasteiger partial charge >= 0.3 is 0 Å². The molecule has 0 atom stereocenters. The molecule has 0 saturated carbocycles. The average molecular weight is 407 g/mol. The van der Waals surface area contributed by atoms with E-state index < -0.39 is 15.9 Å².